The topological polar surface area (TPSA) is 32.7 Å². The molecule has 0 saturated carbocycles. The van der Waals surface area contributed by atoms with E-state index in [1.165, 1.54) is 0 Å². The molecule has 3 nitrogen and oxygen atoms in total. The number of ketones is 1. The van der Waals surface area contributed by atoms with E-state index < -0.39 is 0 Å². The van der Waals surface area contributed by atoms with Crippen molar-refractivity contribution in [1.82, 2.24) is 4.90 Å². The number of carbonyl (C=O) groups is 1. The van der Waals surface area contributed by atoms with Gasteiger partial charge in [0.05, 0.1) is 22.4 Å². The van der Waals surface area contributed by atoms with Gasteiger partial charge in [-0.25, -0.2) is 0 Å². The van der Waals surface area contributed by atoms with E-state index in [0.717, 1.165) is 35.6 Å². The second kappa shape index (κ2) is 3.81. The minimum absolute atomic E-state index is 0.0447. The molecule has 1 aliphatic carbocycles. The number of rotatable bonds is 0. The second-order valence-electron chi connectivity index (χ2n) is 4.19. The van der Waals surface area contributed by atoms with Crippen LogP contribution in [-0.2, 0) is 0 Å². The van der Waals surface area contributed by atoms with E-state index in [-0.39, 0.29) is 5.78 Å². The normalized spacial score (nSPS) is 18.8. The van der Waals surface area contributed by atoms with Crippen LogP contribution in [0.4, 0.5) is 0 Å². The van der Waals surface area contributed by atoms with Gasteiger partial charge in [0.1, 0.15) is 0 Å². The molecule has 0 fully saturated rings. The van der Waals surface area contributed by atoms with E-state index in [1.807, 2.05) is 31.3 Å². The van der Waals surface area contributed by atoms with Crippen LogP contribution in [0.5, 0.6) is 0 Å². The van der Waals surface area contributed by atoms with Crippen molar-refractivity contribution >= 4 is 27.4 Å². The van der Waals surface area contributed by atoms with Crippen molar-refractivity contribution in [3.05, 3.63) is 45.6 Å². The smallest absolute Gasteiger partial charge is 0.202 e. The summed E-state index contributed by atoms with van der Waals surface area (Å²) >= 11 is 3.41. The minimum atomic E-state index is 0.0447. The number of allylic oxidation sites excluding steroid dienone is 2. The first-order valence-electron chi connectivity index (χ1n) is 5.50. The first kappa shape index (κ1) is 10.7. The highest BCUT2D eigenvalue weighted by Crippen LogP contribution is 2.32. The maximum absolute atomic E-state index is 12.2. The Balaban J connectivity index is 2.31. The number of likely N-dealkylation sites (N-methyl/N-ethyl adjacent to an activating group) is 1. The number of carbonyl (C=O) groups excluding carboxylic acids is 1. The van der Waals surface area contributed by atoms with Crippen molar-refractivity contribution in [3.8, 4) is 0 Å². The van der Waals surface area contributed by atoms with Gasteiger partial charge in [0, 0.05) is 24.7 Å². The van der Waals surface area contributed by atoms with Gasteiger partial charge in [-0.15, -0.1) is 0 Å². The average Bonchev–Trinajstić information content (AvgIpc) is 2.36. The zero-order valence-electron chi connectivity index (χ0n) is 9.40. The average molecular weight is 291 g/mol. The predicted molar refractivity (Wildman–Crippen MR) is 70.8 cm³/mol. The monoisotopic (exact) mass is 290 g/mol. The third-order valence-electron chi connectivity index (χ3n) is 3.15. The van der Waals surface area contributed by atoms with E-state index >= 15 is 0 Å². The lowest BCUT2D eigenvalue weighted by Crippen LogP contribution is -2.36. The highest BCUT2D eigenvalue weighted by Gasteiger charge is 2.32. The molecular formula is C13H11BrN2O. The molecule has 17 heavy (non-hydrogen) atoms. The fraction of sp³-hybridized carbons (Fsp3) is 0.231. The molecule has 0 spiro atoms. The number of hydrogen-bond donors (Lipinski definition) is 0. The lowest BCUT2D eigenvalue weighted by atomic mass is 9.91. The predicted octanol–water partition coefficient (Wildman–Crippen LogP) is 2.22. The number of nitrogens with zero attached hydrogens (tertiary/aromatic N) is 2. The molecule has 1 aromatic carbocycles. The Labute approximate surface area is 108 Å². The van der Waals surface area contributed by atoms with E-state index in [2.05, 4.69) is 25.8 Å². The van der Waals surface area contributed by atoms with Crippen LogP contribution >= 0.6 is 15.9 Å². The summed E-state index contributed by atoms with van der Waals surface area (Å²) in [6.07, 6.45) is 0. The van der Waals surface area contributed by atoms with E-state index in [0.29, 0.717) is 4.48 Å². The fourth-order valence-corrected chi connectivity index (χ4v) is 2.98. The van der Waals surface area contributed by atoms with E-state index in [4.69, 9.17) is 0 Å². The van der Waals surface area contributed by atoms with Crippen LogP contribution in [0.25, 0.3) is 0 Å². The standard InChI is InChI=1S/C13H11BrN2O/c1-16-7-6-15-11-8-4-2-3-5-9(8)13(17)10(14)12(11)16/h2-5H,6-7H2,1H3. The summed E-state index contributed by atoms with van der Waals surface area (Å²) in [5.74, 6) is 0.0447. The molecule has 86 valence electrons. The maximum Gasteiger partial charge on any atom is 0.202 e. The zero-order valence-corrected chi connectivity index (χ0v) is 11.0. The van der Waals surface area contributed by atoms with Crippen LogP contribution < -0.4 is 0 Å². The first-order valence-corrected chi connectivity index (χ1v) is 6.29. The van der Waals surface area contributed by atoms with Crippen LogP contribution in [0.2, 0.25) is 0 Å². The summed E-state index contributed by atoms with van der Waals surface area (Å²) in [5.41, 5.74) is 3.53. The van der Waals surface area contributed by atoms with Crippen LogP contribution in [0.1, 0.15) is 15.9 Å². The summed E-state index contributed by atoms with van der Waals surface area (Å²) in [6.45, 7) is 1.63. The third-order valence-corrected chi connectivity index (χ3v) is 3.88. The molecule has 1 aliphatic heterocycles. The quantitative estimate of drug-likeness (QED) is 0.734. The van der Waals surface area contributed by atoms with Gasteiger partial charge in [-0.1, -0.05) is 24.3 Å². The molecule has 0 saturated heterocycles. The number of Topliss-reactive ketones (excluding diaryl/α,β-unsaturated/α-hetero) is 1. The number of hydrogen-bond acceptors (Lipinski definition) is 3. The van der Waals surface area contributed by atoms with Crippen molar-refractivity contribution in [2.75, 3.05) is 20.1 Å². The Morgan fingerprint density at radius 1 is 1.29 bits per heavy atom. The Bertz CT molecular complexity index is 575. The molecule has 1 heterocycles. The Hall–Kier alpha value is -1.42. The molecule has 0 amide bonds. The number of fused-ring (bicyclic) bond motifs is 3. The van der Waals surface area contributed by atoms with Gasteiger partial charge < -0.3 is 4.90 Å². The lowest BCUT2D eigenvalue weighted by Gasteiger charge is -2.32. The Kier molecular flexibility index (Phi) is 2.40. The SMILES string of the molecule is CN1CCN=C2C1=C(Br)C(=O)c1ccccc12. The molecule has 0 radical (unpaired) electrons. The molecule has 0 atom stereocenters. The van der Waals surface area contributed by atoms with Crippen LogP contribution in [-0.4, -0.2) is 36.5 Å². The molecular weight excluding hydrogens is 280 g/mol. The lowest BCUT2D eigenvalue weighted by molar-refractivity contribution is 0.104. The van der Waals surface area contributed by atoms with Gasteiger partial charge in [0.25, 0.3) is 0 Å². The van der Waals surface area contributed by atoms with Gasteiger partial charge in [0.2, 0.25) is 5.78 Å². The van der Waals surface area contributed by atoms with Crippen molar-refractivity contribution in [3.63, 3.8) is 0 Å². The minimum Gasteiger partial charge on any atom is -0.370 e. The summed E-state index contributed by atoms with van der Waals surface area (Å²) in [5, 5.41) is 0. The van der Waals surface area contributed by atoms with Crippen LogP contribution in [0.3, 0.4) is 0 Å². The summed E-state index contributed by atoms with van der Waals surface area (Å²) in [4.78, 5) is 18.9. The molecule has 0 N–H and O–H groups in total. The number of benzene rings is 1. The molecule has 1 aromatic rings. The fourth-order valence-electron chi connectivity index (χ4n) is 2.28. The summed E-state index contributed by atoms with van der Waals surface area (Å²) in [7, 11) is 1.99. The molecule has 4 heteroatoms. The Morgan fingerprint density at radius 3 is 2.76 bits per heavy atom. The first-order chi connectivity index (χ1) is 8.20. The van der Waals surface area contributed by atoms with Gasteiger partial charge >= 0.3 is 0 Å². The third kappa shape index (κ3) is 1.47. The highest BCUT2D eigenvalue weighted by molar-refractivity contribution is 9.12. The molecule has 3 rings (SSSR count). The molecule has 2 aliphatic rings. The number of aliphatic imine (C=N–C) groups is 1. The van der Waals surface area contributed by atoms with E-state index in [9.17, 15) is 4.79 Å². The summed E-state index contributed by atoms with van der Waals surface area (Å²) < 4.78 is 0.622. The Morgan fingerprint density at radius 2 is 2.00 bits per heavy atom. The molecule has 0 unspecified atom stereocenters. The van der Waals surface area contributed by atoms with Gasteiger partial charge in [0.15, 0.2) is 0 Å². The van der Waals surface area contributed by atoms with Crippen LogP contribution in [0.15, 0.2) is 39.4 Å². The van der Waals surface area contributed by atoms with Gasteiger partial charge in [-0.3, -0.25) is 9.79 Å². The zero-order chi connectivity index (χ0) is 12.0. The van der Waals surface area contributed by atoms with Crippen molar-refractivity contribution in [1.29, 1.82) is 0 Å². The molecule has 0 bridgehead atoms. The number of halogens is 1. The van der Waals surface area contributed by atoms with Gasteiger partial charge in [-0.05, 0) is 15.9 Å². The maximum atomic E-state index is 12.2. The summed E-state index contributed by atoms with van der Waals surface area (Å²) in [6, 6.07) is 7.65. The van der Waals surface area contributed by atoms with Crippen molar-refractivity contribution in [2.24, 2.45) is 4.99 Å². The second-order valence-corrected chi connectivity index (χ2v) is 4.98. The largest absolute Gasteiger partial charge is 0.370 e. The van der Waals surface area contributed by atoms with Gasteiger partial charge in [-0.2, -0.15) is 0 Å². The van der Waals surface area contributed by atoms with Crippen LogP contribution in [0, 0.1) is 0 Å². The highest BCUT2D eigenvalue weighted by atomic mass is 79.9. The van der Waals surface area contributed by atoms with Crippen molar-refractivity contribution < 1.29 is 4.79 Å². The van der Waals surface area contributed by atoms with E-state index in [1.54, 1.807) is 0 Å². The van der Waals surface area contributed by atoms with Crippen molar-refractivity contribution in [2.45, 2.75) is 0 Å². The molecule has 0 aromatic heterocycles.